The average Bonchev–Trinajstić information content (AvgIpc) is 2.94. The van der Waals surface area contributed by atoms with Crippen molar-refractivity contribution < 1.29 is 27.5 Å². The predicted octanol–water partition coefficient (Wildman–Crippen LogP) is 2.40. The molecule has 0 aliphatic rings. The summed E-state index contributed by atoms with van der Waals surface area (Å²) in [5.41, 5.74) is 1.63. The molecule has 0 unspecified atom stereocenters. The van der Waals surface area contributed by atoms with Crippen LogP contribution in [0, 0.1) is 5.92 Å². The molecule has 3 aromatic rings. The largest absolute Gasteiger partial charge is 0.487 e. The number of pyridine rings is 1. The normalized spacial score (nSPS) is 12.0. The van der Waals surface area contributed by atoms with Crippen LogP contribution in [0.25, 0.3) is 0 Å². The van der Waals surface area contributed by atoms with Gasteiger partial charge in [0.25, 0.3) is 0 Å². The van der Waals surface area contributed by atoms with Gasteiger partial charge in [-0.25, -0.2) is 13.1 Å². The molecule has 40 heavy (non-hydrogen) atoms. The summed E-state index contributed by atoms with van der Waals surface area (Å²) in [5.74, 6) is -1.15. The lowest BCUT2D eigenvalue weighted by atomic mass is 10.0. The molecule has 212 valence electrons. The number of carbonyl (C=O) groups excluding carboxylic acids is 3. The van der Waals surface area contributed by atoms with E-state index in [2.05, 4.69) is 20.3 Å². The van der Waals surface area contributed by atoms with Crippen LogP contribution >= 0.6 is 0 Å². The van der Waals surface area contributed by atoms with E-state index in [-0.39, 0.29) is 35.5 Å². The van der Waals surface area contributed by atoms with Crippen molar-refractivity contribution in [3.05, 3.63) is 90.3 Å². The third-order valence-electron chi connectivity index (χ3n) is 5.77. The Morgan fingerprint density at radius 1 is 0.875 bits per heavy atom. The number of sulfonamides is 1. The third-order valence-corrected chi connectivity index (χ3v) is 7.21. The van der Waals surface area contributed by atoms with Crippen LogP contribution in [0.3, 0.4) is 0 Å². The second-order valence-corrected chi connectivity index (χ2v) is 11.3. The van der Waals surface area contributed by atoms with Gasteiger partial charge in [0, 0.05) is 12.4 Å². The van der Waals surface area contributed by atoms with Crippen molar-refractivity contribution in [3.63, 3.8) is 0 Å². The van der Waals surface area contributed by atoms with Gasteiger partial charge in [0.15, 0.2) is 5.78 Å². The fourth-order valence-electron chi connectivity index (χ4n) is 3.79. The summed E-state index contributed by atoms with van der Waals surface area (Å²) in [6.45, 7) is 3.07. The zero-order valence-corrected chi connectivity index (χ0v) is 23.3. The van der Waals surface area contributed by atoms with E-state index in [1.165, 1.54) is 12.1 Å². The second-order valence-electron chi connectivity index (χ2n) is 9.58. The van der Waals surface area contributed by atoms with Crippen molar-refractivity contribution >= 4 is 27.6 Å². The first-order chi connectivity index (χ1) is 19.1. The number of Topliss-reactive ketones (excluding diaryl/α,β-unsaturated/α-hetero) is 1. The van der Waals surface area contributed by atoms with Gasteiger partial charge in [-0.15, -0.1) is 0 Å². The molecule has 0 aliphatic heterocycles. The highest BCUT2D eigenvalue weighted by Gasteiger charge is 2.24. The Morgan fingerprint density at radius 3 is 2.25 bits per heavy atom. The van der Waals surface area contributed by atoms with Crippen LogP contribution < -0.4 is 20.1 Å². The van der Waals surface area contributed by atoms with Crippen molar-refractivity contribution in [1.29, 1.82) is 0 Å². The number of carbonyl (C=O) groups is 3. The van der Waals surface area contributed by atoms with Gasteiger partial charge in [-0.1, -0.05) is 56.3 Å². The van der Waals surface area contributed by atoms with Crippen LogP contribution in [0.1, 0.15) is 31.4 Å². The molecule has 2 amide bonds. The Hall–Kier alpha value is -4.09. The molecule has 2 aromatic carbocycles. The maximum atomic E-state index is 12.9. The summed E-state index contributed by atoms with van der Waals surface area (Å²) >= 11 is 0. The van der Waals surface area contributed by atoms with Gasteiger partial charge in [-0.3, -0.25) is 19.4 Å². The van der Waals surface area contributed by atoms with Gasteiger partial charge in [0.1, 0.15) is 23.3 Å². The van der Waals surface area contributed by atoms with Gasteiger partial charge >= 0.3 is 0 Å². The third kappa shape index (κ3) is 9.90. The first-order valence-corrected chi connectivity index (χ1v) is 14.4. The van der Waals surface area contributed by atoms with E-state index < -0.39 is 40.8 Å². The van der Waals surface area contributed by atoms with Crippen molar-refractivity contribution in [2.45, 2.75) is 44.2 Å². The molecule has 1 aromatic heterocycles. The summed E-state index contributed by atoms with van der Waals surface area (Å²) in [5, 5.41) is 5.23. The number of rotatable bonds is 15. The number of para-hydroxylation sites is 1. The highest BCUT2D eigenvalue weighted by atomic mass is 32.2. The zero-order valence-electron chi connectivity index (χ0n) is 22.5. The molecule has 3 N–H and O–H groups in total. The van der Waals surface area contributed by atoms with Crippen LogP contribution in [-0.4, -0.2) is 50.1 Å². The van der Waals surface area contributed by atoms with Gasteiger partial charge < -0.3 is 15.4 Å². The number of aromatic nitrogens is 1. The summed E-state index contributed by atoms with van der Waals surface area (Å²) in [6.07, 6.45) is 3.62. The molecule has 1 heterocycles. The van der Waals surface area contributed by atoms with E-state index >= 15 is 0 Å². The highest BCUT2D eigenvalue weighted by Crippen LogP contribution is 2.24. The van der Waals surface area contributed by atoms with Gasteiger partial charge in [0.2, 0.25) is 21.8 Å². The number of nitrogens with zero attached hydrogens (tertiary/aromatic N) is 1. The molecule has 1 atom stereocenters. The minimum atomic E-state index is -4.08. The van der Waals surface area contributed by atoms with E-state index in [1.807, 2.05) is 44.2 Å². The zero-order chi connectivity index (χ0) is 29.0. The number of ether oxygens (including phenoxy) is 1. The Bertz CT molecular complexity index is 1380. The Kier molecular flexibility index (Phi) is 11.3. The molecule has 0 spiro atoms. The first kappa shape index (κ1) is 30.5. The summed E-state index contributed by atoms with van der Waals surface area (Å²) in [6, 6.07) is 18.0. The maximum Gasteiger partial charge on any atom is 0.244 e. The van der Waals surface area contributed by atoms with Gasteiger partial charge in [0.05, 0.1) is 19.5 Å². The number of hydrogen-bond acceptors (Lipinski definition) is 7. The predicted molar refractivity (Wildman–Crippen MR) is 150 cm³/mol. The fourth-order valence-corrected chi connectivity index (χ4v) is 4.94. The lowest BCUT2D eigenvalue weighted by Crippen LogP contribution is -2.49. The number of ketones is 1. The number of hydrogen-bond donors (Lipinski definition) is 3. The average molecular weight is 567 g/mol. The quantitative estimate of drug-likeness (QED) is 0.256. The minimum absolute atomic E-state index is 0.0850. The SMILES string of the molecule is CC(C)C[C@H](NC(=O)Cc1ccncc1)C(=O)NCC(=O)CNS(=O)(=O)c1ccccc1OCc1ccccc1. The lowest BCUT2D eigenvalue weighted by molar-refractivity contribution is -0.130. The molecule has 0 saturated heterocycles. The maximum absolute atomic E-state index is 12.9. The molecule has 11 heteroatoms. The number of benzene rings is 2. The first-order valence-electron chi connectivity index (χ1n) is 12.9. The standard InChI is InChI=1S/C29H34N4O6S/c1-21(2)16-25(33-28(35)17-22-12-14-30-15-13-22)29(36)31-18-24(34)19-32-40(37,38)27-11-7-6-10-26(27)39-20-23-8-4-3-5-9-23/h3-15,21,25,32H,16-20H2,1-2H3,(H,31,36)(H,33,35)/t25-/m0/s1. The van der Waals surface area contributed by atoms with Crippen molar-refractivity contribution in [2.75, 3.05) is 13.1 Å². The van der Waals surface area contributed by atoms with Crippen molar-refractivity contribution in [2.24, 2.45) is 5.92 Å². The van der Waals surface area contributed by atoms with Crippen LogP contribution in [0.15, 0.2) is 84.0 Å². The Morgan fingerprint density at radius 2 is 1.55 bits per heavy atom. The van der Waals surface area contributed by atoms with Crippen LogP contribution in [0.2, 0.25) is 0 Å². The summed E-state index contributed by atoms with van der Waals surface area (Å²) in [7, 11) is -4.08. The fraction of sp³-hybridized carbons (Fsp3) is 0.310. The second kappa shape index (κ2) is 14.9. The molecule has 0 bridgehead atoms. The molecule has 0 saturated carbocycles. The van der Waals surface area contributed by atoms with Gasteiger partial charge in [-0.05, 0) is 47.7 Å². The monoisotopic (exact) mass is 566 g/mol. The van der Waals surface area contributed by atoms with Gasteiger partial charge in [-0.2, -0.15) is 0 Å². The summed E-state index contributed by atoms with van der Waals surface area (Å²) < 4.78 is 33.8. The Labute approximate surface area is 234 Å². The molecule has 3 rings (SSSR count). The van der Waals surface area contributed by atoms with E-state index in [4.69, 9.17) is 4.74 Å². The lowest BCUT2D eigenvalue weighted by Gasteiger charge is -2.20. The molecular weight excluding hydrogens is 532 g/mol. The molecular formula is C29H34N4O6S. The molecule has 10 nitrogen and oxygen atoms in total. The topological polar surface area (TPSA) is 144 Å². The van der Waals surface area contributed by atoms with Crippen LogP contribution in [0.5, 0.6) is 5.75 Å². The Balaban J connectivity index is 1.53. The van der Waals surface area contributed by atoms with E-state index in [1.54, 1.807) is 36.7 Å². The smallest absolute Gasteiger partial charge is 0.244 e. The molecule has 0 aliphatic carbocycles. The number of nitrogens with one attached hydrogen (secondary N) is 3. The van der Waals surface area contributed by atoms with E-state index in [9.17, 15) is 22.8 Å². The molecule has 0 fully saturated rings. The van der Waals surface area contributed by atoms with Crippen LogP contribution in [0.4, 0.5) is 0 Å². The van der Waals surface area contributed by atoms with E-state index in [0.717, 1.165) is 11.1 Å². The van der Waals surface area contributed by atoms with Crippen LogP contribution in [-0.2, 0) is 37.4 Å². The van der Waals surface area contributed by atoms with Crippen molar-refractivity contribution in [1.82, 2.24) is 20.3 Å². The van der Waals surface area contributed by atoms with Crippen molar-refractivity contribution in [3.8, 4) is 5.75 Å². The van der Waals surface area contributed by atoms with E-state index in [0.29, 0.717) is 6.42 Å². The minimum Gasteiger partial charge on any atom is -0.487 e. The highest BCUT2D eigenvalue weighted by molar-refractivity contribution is 7.89. The summed E-state index contributed by atoms with van der Waals surface area (Å²) in [4.78, 5) is 41.5. The number of amides is 2. The molecule has 0 radical (unpaired) electrons.